The molecule has 1 aromatic carbocycles. The van der Waals surface area contributed by atoms with Crippen LogP contribution in [0.1, 0.15) is 12.0 Å². The summed E-state index contributed by atoms with van der Waals surface area (Å²) in [6.45, 7) is 5.25. The minimum Gasteiger partial charge on any atom is -0.491 e. The van der Waals surface area contributed by atoms with Gasteiger partial charge in [0.05, 0.1) is 19.8 Å². The lowest BCUT2D eigenvalue weighted by molar-refractivity contribution is -0.131. The van der Waals surface area contributed by atoms with Crippen molar-refractivity contribution in [2.24, 2.45) is 0 Å². The molecule has 1 saturated heterocycles. The summed E-state index contributed by atoms with van der Waals surface area (Å²) < 4.78 is 11.1. The van der Waals surface area contributed by atoms with Gasteiger partial charge in [-0.1, -0.05) is 18.2 Å². The van der Waals surface area contributed by atoms with Gasteiger partial charge in [0.1, 0.15) is 12.4 Å². The molecule has 1 fully saturated rings. The van der Waals surface area contributed by atoms with Gasteiger partial charge in [0.2, 0.25) is 5.91 Å². The number of para-hydroxylation sites is 1. The standard InChI is InChI=1S/C16H24N2O3.ClH/c1-13-5-3-4-6-15(13)21-10-8-18(2)16(19)11-14-12-20-9-7-17-14;/h3-6,14,17H,7-12H2,1-2H3;1H. The second-order valence-electron chi connectivity index (χ2n) is 5.36. The average Bonchev–Trinajstić information content (AvgIpc) is 2.50. The highest BCUT2D eigenvalue weighted by molar-refractivity contribution is 5.85. The van der Waals surface area contributed by atoms with E-state index in [9.17, 15) is 4.79 Å². The van der Waals surface area contributed by atoms with Crippen molar-refractivity contribution in [2.45, 2.75) is 19.4 Å². The predicted molar refractivity (Wildman–Crippen MR) is 88.8 cm³/mol. The molecule has 1 amide bonds. The molecule has 0 bridgehead atoms. The van der Waals surface area contributed by atoms with Crippen LogP contribution in [0.2, 0.25) is 0 Å². The lowest BCUT2D eigenvalue weighted by atomic mass is 10.2. The van der Waals surface area contributed by atoms with Crippen LogP contribution in [0.25, 0.3) is 0 Å². The summed E-state index contributed by atoms with van der Waals surface area (Å²) in [5.41, 5.74) is 1.11. The van der Waals surface area contributed by atoms with Crippen molar-refractivity contribution >= 4 is 18.3 Å². The summed E-state index contributed by atoms with van der Waals surface area (Å²) in [4.78, 5) is 13.8. The number of aryl methyl sites for hydroxylation is 1. The molecule has 1 unspecified atom stereocenters. The van der Waals surface area contributed by atoms with Crippen LogP contribution in [-0.4, -0.2) is 56.8 Å². The average molecular weight is 329 g/mol. The van der Waals surface area contributed by atoms with Gasteiger partial charge in [0.25, 0.3) is 0 Å². The van der Waals surface area contributed by atoms with Gasteiger partial charge in [-0.25, -0.2) is 0 Å². The molecular weight excluding hydrogens is 304 g/mol. The molecule has 5 nitrogen and oxygen atoms in total. The Hall–Kier alpha value is -1.30. The van der Waals surface area contributed by atoms with Gasteiger partial charge in [-0.2, -0.15) is 0 Å². The first kappa shape index (κ1) is 18.7. The van der Waals surface area contributed by atoms with Gasteiger partial charge in [0.15, 0.2) is 0 Å². The van der Waals surface area contributed by atoms with Gasteiger partial charge in [-0.3, -0.25) is 4.79 Å². The minimum atomic E-state index is 0. The van der Waals surface area contributed by atoms with Crippen LogP contribution < -0.4 is 10.1 Å². The van der Waals surface area contributed by atoms with Crippen LogP contribution in [0.4, 0.5) is 0 Å². The largest absolute Gasteiger partial charge is 0.491 e. The normalized spacial score (nSPS) is 17.5. The molecule has 0 saturated carbocycles. The van der Waals surface area contributed by atoms with E-state index in [1.54, 1.807) is 4.90 Å². The fourth-order valence-corrected chi connectivity index (χ4v) is 2.25. The van der Waals surface area contributed by atoms with E-state index in [-0.39, 0.29) is 24.4 Å². The van der Waals surface area contributed by atoms with Crippen LogP contribution in [0.15, 0.2) is 24.3 Å². The third-order valence-corrected chi connectivity index (χ3v) is 3.62. The third-order valence-electron chi connectivity index (χ3n) is 3.62. The third kappa shape index (κ3) is 5.83. The number of carbonyl (C=O) groups is 1. The van der Waals surface area contributed by atoms with Gasteiger partial charge < -0.3 is 19.7 Å². The highest BCUT2D eigenvalue weighted by Crippen LogP contribution is 2.15. The van der Waals surface area contributed by atoms with Crippen LogP contribution in [0.5, 0.6) is 5.75 Å². The van der Waals surface area contributed by atoms with Crippen LogP contribution in [0, 0.1) is 6.92 Å². The number of carbonyl (C=O) groups excluding carboxylic acids is 1. The Morgan fingerprint density at radius 1 is 1.45 bits per heavy atom. The molecule has 1 atom stereocenters. The number of nitrogens with zero attached hydrogens (tertiary/aromatic N) is 1. The molecule has 0 radical (unpaired) electrons. The van der Waals surface area contributed by atoms with E-state index in [1.165, 1.54) is 0 Å². The van der Waals surface area contributed by atoms with E-state index in [0.29, 0.717) is 26.2 Å². The lowest BCUT2D eigenvalue weighted by Crippen LogP contribution is -2.45. The molecular formula is C16H25ClN2O3. The van der Waals surface area contributed by atoms with Crippen molar-refractivity contribution in [3.63, 3.8) is 0 Å². The zero-order valence-electron chi connectivity index (χ0n) is 13.2. The number of amides is 1. The SMILES string of the molecule is Cc1ccccc1OCCN(C)C(=O)CC1COCCN1.Cl. The zero-order valence-corrected chi connectivity index (χ0v) is 14.0. The first-order valence-corrected chi connectivity index (χ1v) is 7.40. The summed E-state index contributed by atoms with van der Waals surface area (Å²) >= 11 is 0. The van der Waals surface area contributed by atoms with Crippen molar-refractivity contribution in [2.75, 3.05) is 40.0 Å². The van der Waals surface area contributed by atoms with Gasteiger partial charge in [-0.15, -0.1) is 12.4 Å². The maximum absolute atomic E-state index is 12.1. The van der Waals surface area contributed by atoms with E-state index < -0.39 is 0 Å². The summed E-state index contributed by atoms with van der Waals surface area (Å²) in [5, 5.41) is 3.29. The summed E-state index contributed by atoms with van der Waals surface area (Å²) in [6.07, 6.45) is 0.473. The zero-order chi connectivity index (χ0) is 15.1. The number of hydrogen-bond donors (Lipinski definition) is 1. The van der Waals surface area contributed by atoms with Crippen molar-refractivity contribution in [3.8, 4) is 5.75 Å². The van der Waals surface area contributed by atoms with Crippen LogP contribution in [0.3, 0.4) is 0 Å². The number of hydrogen-bond acceptors (Lipinski definition) is 4. The summed E-state index contributed by atoms with van der Waals surface area (Å²) in [5.74, 6) is 0.993. The number of halogens is 1. The molecule has 1 aliphatic heterocycles. The molecule has 1 aliphatic rings. The Morgan fingerprint density at radius 3 is 2.91 bits per heavy atom. The molecule has 0 aliphatic carbocycles. The fourth-order valence-electron chi connectivity index (χ4n) is 2.25. The summed E-state index contributed by atoms with van der Waals surface area (Å²) in [7, 11) is 1.81. The number of likely N-dealkylation sites (N-methyl/N-ethyl adjacent to an activating group) is 1. The number of nitrogens with one attached hydrogen (secondary N) is 1. The molecule has 1 aromatic rings. The summed E-state index contributed by atoms with van der Waals surface area (Å²) in [6, 6.07) is 8.02. The molecule has 6 heteroatoms. The van der Waals surface area contributed by atoms with E-state index in [1.807, 2.05) is 38.2 Å². The molecule has 2 rings (SSSR count). The number of benzene rings is 1. The maximum Gasteiger partial charge on any atom is 0.224 e. The predicted octanol–water partition coefficient (Wildman–Crippen LogP) is 1.63. The molecule has 22 heavy (non-hydrogen) atoms. The Balaban J connectivity index is 0.00000242. The highest BCUT2D eigenvalue weighted by atomic mass is 35.5. The quantitative estimate of drug-likeness (QED) is 0.862. The number of ether oxygens (including phenoxy) is 2. The van der Waals surface area contributed by atoms with Crippen molar-refractivity contribution in [1.82, 2.24) is 10.2 Å². The first-order chi connectivity index (χ1) is 10.2. The smallest absolute Gasteiger partial charge is 0.224 e. The van der Waals surface area contributed by atoms with Crippen molar-refractivity contribution in [3.05, 3.63) is 29.8 Å². The number of rotatable bonds is 6. The Bertz CT molecular complexity index is 464. The number of morpholine rings is 1. The molecule has 0 spiro atoms. The van der Waals surface area contributed by atoms with E-state index in [0.717, 1.165) is 24.5 Å². The maximum atomic E-state index is 12.1. The van der Waals surface area contributed by atoms with Crippen LogP contribution in [-0.2, 0) is 9.53 Å². The van der Waals surface area contributed by atoms with Crippen molar-refractivity contribution in [1.29, 1.82) is 0 Å². The van der Waals surface area contributed by atoms with E-state index in [4.69, 9.17) is 9.47 Å². The lowest BCUT2D eigenvalue weighted by Gasteiger charge is -2.25. The fraction of sp³-hybridized carbons (Fsp3) is 0.562. The van der Waals surface area contributed by atoms with Gasteiger partial charge in [-0.05, 0) is 18.6 Å². The van der Waals surface area contributed by atoms with Crippen molar-refractivity contribution < 1.29 is 14.3 Å². The van der Waals surface area contributed by atoms with Gasteiger partial charge in [0, 0.05) is 26.1 Å². The second-order valence-corrected chi connectivity index (χ2v) is 5.36. The minimum absolute atomic E-state index is 0. The molecule has 1 N–H and O–H groups in total. The van der Waals surface area contributed by atoms with Gasteiger partial charge >= 0.3 is 0 Å². The topological polar surface area (TPSA) is 50.8 Å². The Kier molecular flexibility index (Phi) is 8.24. The Morgan fingerprint density at radius 2 is 2.23 bits per heavy atom. The molecule has 1 heterocycles. The molecule has 124 valence electrons. The first-order valence-electron chi connectivity index (χ1n) is 7.40. The monoisotopic (exact) mass is 328 g/mol. The van der Waals surface area contributed by atoms with E-state index in [2.05, 4.69) is 5.32 Å². The highest BCUT2D eigenvalue weighted by Gasteiger charge is 2.19. The van der Waals surface area contributed by atoms with Crippen LogP contribution >= 0.6 is 12.4 Å². The second kappa shape index (κ2) is 9.66. The molecule has 0 aromatic heterocycles. The van der Waals surface area contributed by atoms with E-state index >= 15 is 0 Å². The Labute approximate surface area is 138 Å².